The van der Waals surface area contributed by atoms with Crippen molar-refractivity contribution in [2.45, 2.75) is 54.9 Å². The zero-order valence-electron chi connectivity index (χ0n) is 17.8. The van der Waals surface area contributed by atoms with Gasteiger partial charge in [-0.05, 0) is 50.4 Å². The Morgan fingerprint density at radius 1 is 1.19 bits per heavy atom. The van der Waals surface area contributed by atoms with E-state index in [-0.39, 0.29) is 12.1 Å². The lowest BCUT2D eigenvalue weighted by atomic mass is 9.61. The van der Waals surface area contributed by atoms with Crippen LogP contribution >= 0.6 is 11.6 Å². The van der Waals surface area contributed by atoms with Crippen molar-refractivity contribution < 1.29 is 9.32 Å². The molecule has 5 aliphatic rings. The first-order valence-electron chi connectivity index (χ1n) is 11.5. The molecule has 0 spiro atoms. The van der Waals surface area contributed by atoms with Gasteiger partial charge in [0.15, 0.2) is 0 Å². The highest BCUT2D eigenvalue weighted by Crippen LogP contribution is 2.51. The molecule has 8 nitrogen and oxygen atoms in total. The number of nitrogens with one attached hydrogen (secondary N) is 1. The molecule has 5 heterocycles. The van der Waals surface area contributed by atoms with Crippen molar-refractivity contribution in [3.63, 3.8) is 0 Å². The van der Waals surface area contributed by atoms with E-state index < -0.39 is 10.8 Å². The number of aliphatic hydroxyl groups is 1. The lowest BCUT2D eigenvalue weighted by Crippen LogP contribution is -2.55. The van der Waals surface area contributed by atoms with Gasteiger partial charge < -0.3 is 15.3 Å². The predicted octanol–water partition coefficient (Wildman–Crippen LogP) is 2.54. The molecule has 2 bridgehead atoms. The van der Waals surface area contributed by atoms with Crippen LogP contribution in [0.3, 0.4) is 0 Å². The van der Waals surface area contributed by atoms with E-state index in [9.17, 15) is 9.32 Å². The van der Waals surface area contributed by atoms with E-state index in [1.54, 1.807) is 12.4 Å². The van der Waals surface area contributed by atoms with Crippen molar-refractivity contribution in [1.82, 2.24) is 19.9 Å². The molecule has 4 fully saturated rings. The molecule has 2 aromatic rings. The van der Waals surface area contributed by atoms with Gasteiger partial charge in [0, 0.05) is 37.2 Å². The Kier molecular flexibility index (Phi) is 5.11. The van der Waals surface area contributed by atoms with Gasteiger partial charge >= 0.3 is 0 Å². The molecule has 3 aliphatic heterocycles. The summed E-state index contributed by atoms with van der Waals surface area (Å²) in [6.07, 6.45) is 9.11. The fraction of sp³-hybridized carbons (Fsp3) is 0.636. The third-order valence-corrected chi connectivity index (χ3v) is 9.38. The maximum absolute atomic E-state index is 12.8. The van der Waals surface area contributed by atoms with Crippen LogP contribution in [0.2, 0.25) is 5.02 Å². The van der Waals surface area contributed by atoms with Crippen LogP contribution < -0.4 is 10.2 Å². The van der Waals surface area contributed by atoms with Crippen molar-refractivity contribution in [1.29, 1.82) is 0 Å². The van der Waals surface area contributed by atoms with Gasteiger partial charge in [-0.15, -0.1) is 0 Å². The molecule has 2 aliphatic carbocycles. The highest BCUT2D eigenvalue weighted by molar-refractivity contribution is 7.85. The van der Waals surface area contributed by atoms with Crippen LogP contribution in [0.15, 0.2) is 17.3 Å². The van der Waals surface area contributed by atoms with Gasteiger partial charge in [-0.2, -0.15) is 4.98 Å². The number of aliphatic hydroxyl groups excluding tert-OH is 1. The molecule has 7 rings (SSSR count). The number of aryl methyl sites for hydroxylation is 1. The number of fused-ring (bicyclic) bond motifs is 3. The summed E-state index contributed by atoms with van der Waals surface area (Å²) in [5.41, 5.74) is 0.550. The maximum Gasteiger partial charge on any atom is 0.227 e. The van der Waals surface area contributed by atoms with Crippen LogP contribution in [0, 0.1) is 11.8 Å². The molecule has 3 atom stereocenters. The van der Waals surface area contributed by atoms with Gasteiger partial charge in [-0.1, -0.05) is 11.6 Å². The third kappa shape index (κ3) is 3.40. The standard InChI is InChI=1S/C22H27ClN6O2S/c23-15-8-24-19(25-9-15)17-13-7-14(17)11-29(10-13)21-26-16-3-1-6-32(31)18(16)20(27-21)28-22(12-30)4-2-5-22/h8-9,13-14,17,30H,1-7,10-12H2,(H,26,27,28)/t13?,14?,17?,32-/m1/s1. The Bertz CT molecular complexity index is 1050. The Hall–Kier alpha value is -1.84. The second-order valence-electron chi connectivity index (χ2n) is 9.66. The van der Waals surface area contributed by atoms with E-state index in [0.717, 1.165) is 61.6 Å². The first-order chi connectivity index (χ1) is 15.5. The summed E-state index contributed by atoms with van der Waals surface area (Å²) in [6, 6.07) is 0. The average molecular weight is 475 g/mol. The third-order valence-electron chi connectivity index (χ3n) is 7.64. The molecule has 2 N–H and O–H groups in total. The first kappa shape index (κ1) is 20.7. The van der Waals surface area contributed by atoms with E-state index in [1.807, 2.05) is 0 Å². The second-order valence-corrected chi connectivity index (χ2v) is 11.6. The second kappa shape index (κ2) is 7.88. The lowest BCUT2D eigenvalue weighted by molar-refractivity contribution is 0.104. The normalized spacial score (nSPS) is 30.1. The number of hydrogen-bond acceptors (Lipinski definition) is 8. The van der Waals surface area contributed by atoms with Crippen molar-refractivity contribution in [2.75, 3.05) is 35.7 Å². The van der Waals surface area contributed by atoms with E-state index in [2.05, 4.69) is 20.2 Å². The van der Waals surface area contributed by atoms with E-state index >= 15 is 0 Å². The summed E-state index contributed by atoms with van der Waals surface area (Å²) in [5.74, 6) is 4.20. The van der Waals surface area contributed by atoms with Gasteiger partial charge in [0.05, 0.1) is 33.7 Å². The summed E-state index contributed by atoms with van der Waals surface area (Å²) in [4.78, 5) is 21.7. The molecule has 0 amide bonds. The smallest absolute Gasteiger partial charge is 0.227 e. The zero-order valence-corrected chi connectivity index (χ0v) is 19.4. The fourth-order valence-corrected chi connectivity index (χ4v) is 7.17. The number of piperidine rings is 2. The fourth-order valence-electron chi connectivity index (χ4n) is 5.74. The monoisotopic (exact) mass is 474 g/mol. The molecule has 170 valence electrons. The molecular weight excluding hydrogens is 448 g/mol. The molecule has 32 heavy (non-hydrogen) atoms. The summed E-state index contributed by atoms with van der Waals surface area (Å²) in [6.45, 7) is 1.78. The largest absolute Gasteiger partial charge is 0.394 e. The zero-order chi connectivity index (χ0) is 21.9. The predicted molar refractivity (Wildman–Crippen MR) is 123 cm³/mol. The molecule has 2 saturated heterocycles. The topological polar surface area (TPSA) is 104 Å². The highest BCUT2D eigenvalue weighted by atomic mass is 35.5. The number of halogens is 1. The molecule has 10 heteroatoms. The quantitative estimate of drug-likeness (QED) is 0.681. The maximum atomic E-state index is 12.8. The molecule has 0 aromatic carbocycles. The van der Waals surface area contributed by atoms with Crippen LogP contribution in [0.4, 0.5) is 11.8 Å². The Morgan fingerprint density at radius 3 is 2.59 bits per heavy atom. The minimum absolute atomic E-state index is 0.0599. The van der Waals surface area contributed by atoms with Gasteiger partial charge in [-0.25, -0.2) is 15.0 Å². The van der Waals surface area contributed by atoms with E-state index in [0.29, 0.717) is 40.3 Å². The molecule has 2 unspecified atom stereocenters. The average Bonchev–Trinajstić information content (AvgIpc) is 2.77. The Morgan fingerprint density at radius 2 is 1.94 bits per heavy atom. The Labute approximate surface area is 194 Å². The SMILES string of the molecule is O=[S@@]1CCCc2nc(N3CC4CC(C3)C4c3ncc(Cl)cn3)nc(NC3(CO)CCC3)c21. The summed E-state index contributed by atoms with van der Waals surface area (Å²) >= 11 is 5.96. The van der Waals surface area contributed by atoms with Gasteiger partial charge in [0.1, 0.15) is 16.5 Å². The number of anilines is 2. The highest BCUT2D eigenvalue weighted by Gasteiger charge is 2.49. The van der Waals surface area contributed by atoms with Crippen molar-refractivity contribution in [2.24, 2.45) is 11.8 Å². The van der Waals surface area contributed by atoms with Gasteiger partial charge in [0.25, 0.3) is 0 Å². The molecule has 0 radical (unpaired) electrons. The number of rotatable bonds is 5. The van der Waals surface area contributed by atoms with Gasteiger partial charge in [0.2, 0.25) is 5.95 Å². The van der Waals surface area contributed by atoms with Crippen LogP contribution in [-0.4, -0.2) is 60.2 Å². The van der Waals surface area contributed by atoms with Crippen molar-refractivity contribution >= 4 is 34.2 Å². The summed E-state index contributed by atoms with van der Waals surface area (Å²) < 4.78 is 12.8. The first-order valence-corrected chi connectivity index (χ1v) is 13.2. The van der Waals surface area contributed by atoms with Crippen molar-refractivity contribution in [3.8, 4) is 0 Å². The summed E-state index contributed by atoms with van der Waals surface area (Å²) in [7, 11) is -1.10. The molecular formula is C22H27ClN6O2S. The van der Waals surface area contributed by atoms with Crippen molar-refractivity contribution in [3.05, 3.63) is 28.9 Å². The lowest BCUT2D eigenvalue weighted by Gasteiger charge is -2.53. The Balaban J connectivity index is 1.28. The van der Waals surface area contributed by atoms with Crippen LogP contribution in [0.25, 0.3) is 0 Å². The summed E-state index contributed by atoms with van der Waals surface area (Å²) in [5, 5.41) is 14.0. The van der Waals surface area contributed by atoms with E-state index in [1.165, 1.54) is 6.42 Å². The van der Waals surface area contributed by atoms with Crippen LogP contribution in [-0.2, 0) is 17.2 Å². The number of aromatic nitrogens is 4. The number of nitrogens with zero attached hydrogens (tertiary/aromatic N) is 5. The number of hydrogen-bond donors (Lipinski definition) is 2. The van der Waals surface area contributed by atoms with Crippen LogP contribution in [0.5, 0.6) is 0 Å². The molecule has 2 aromatic heterocycles. The minimum atomic E-state index is -1.10. The minimum Gasteiger partial charge on any atom is -0.394 e. The molecule has 2 saturated carbocycles. The van der Waals surface area contributed by atoms with E-state index in [4.69, 9.17) is 21.6 Å². The van der Waals surface area contributed by atoms with Gasteiger partial charge in [-0.3, -0.25) is 4.21 Å². The van der Waals surface area contributed by atoms with Crippen LogP contribution in [0.1, 0.15) is 49.5 Å².